The monoisotopic (exact) mass is 252 g/mol. The molecule has 1 heterocycles. The zero-order valence-corrected chi connectivity index (χ0v) is 11.1. The number of anilines is 1. The summed E-state index contributed by atoms with van der Waals surface area (Å²) in [6, 6.07) is 1.60. The summed E-state index contributed by atoms with van der Waals surface area (Å²) in [6.07, 6.45) is 1.83. The van der Waals surface area contributed by atoms with Crippen LogP contribution in [0.4, 0.5) is 5.95 Å². The molecule has 0 aliphatic carbocycles. The molecule has 0 bridgehead atoms. The molecule has 0 aliphatic heterocycles. The lowest BCUT2D eigenvalue weighted by molar-refractivity contribution is 0.0886. The second-order valence-corrected chi connectivity index (χ2v) is 4.17. The van der Waals surface area contributed by atoms with Crippen molar-refractivity contribution >= 4 is 11.9 Å². The normalized spacial score (nSPS) is 12.2. The molecule has 6 heteroatoms. The number of nitrogens with two attached hydrogens (primary N) is 1. The highest BCUT2D eigenvalue weighted by molar-refractivity contribution is 5.92. The average molecular weight is 252 g/mol. The van der Waals surface area contributed by atoms with Crippen LogP contribution < -0.4 is 11.1 Å². The van der Waals surface area contributed by atoms with Gasteiger partial charge >= 0.3 is 0 Å². The van der Waals surface area contributed by atoms with Crippen molar-refractivity contribution in [3.8, 4) is 0 Å². The maximum absolute atomic E-state index is 12.0. The zero-order chi connectivity index (χ0) is 13.5. The molecule has 0 saturated heterocycles. The standard InChI is InChI=1S/C12H20N4O2/c1-4-5-9(7-18-3)15-11(17)10-6-8(2)14-12(13)16-10/h6,9H,4-5,7H2,1-3H3,(H,15,17)(H2,13,14,16). The molecule has 0 saturated carbocycles. The second kappa shape index (κ2) is 6.90. The SMILES string of the molecule is CCCC(COC)NC(=O)c1cc(C)nc(N)n1. The van der Waals surface area contributed by atoms with Crippen LogP contribution in [0.3, 0.4) is 0 Å². The minimum atomic E-state index is -0.247. The summed E-state index contributed by atoms with van der Waals surface area (Å²) in [6.45, 7) is 4.31. The van der Waals surface area contributed by atoms with E-state index in [1.54, 1.807) is 20.1 Å². The quantitative estimate of drug-likeness (QED) is 0.785. The van der Waals surface area contributed by atoms with Gasteiger partial charge in [-0.2, -0.15) is 0 Å². The smallest absolute Gasteiger partial charge is 0.270 e. The Morgan fingerprint density at radius 1 is 1.56 bits per heavy atom. The first-order valence-electron chi connectivity index (χ1n) is 5.97. The van der Waals surface area contributed by atoms with E-state index in [1.165, 1.54) is 0 Å². The number of amides is 1. The Morgan fingerprint density at radius 3 is 2.83 bits per heavy atom. The first-order valence-corrected chi connectivity index (χ1v) is 5.97. The van der Waals surface area contributed by atoms with Gasteiger partial charge in [-0.25, -0.2) is 9.97 Å². The first kappa shape index (κ1) is 14.4. The molecule has 3 N–H and O–H groups in total. The molecule has 6 nitrogen and oxygen atoms in total. The van der Waals surface area contributed by atoms with Crippen molar-refractivity contribution in [1.29, 1.82) is 0 Å². The van der Waals surface area contributed by atoms with Crippen LogP contribution in [0, 0.1) is 6.92 Å². The maximum atomic E-state index is 12.0. The topological polar surface area (TPSA) is 90.1 Å². The molecule has 0 radical (unpaired) electrons. The molecule has 0 spiro atoms. The van der Waals surface area contributed by atoms with Gasteiger partial charge in [-0.1, -0.05) is 13.3 Å². The number of carbonyl (C=O) groups excluding carboxylic acids is 1. The third-order valence-electron chi connectivity index (χ3n) is 2.44. The number of rotatable bonds is 6. The number of methoxy groups -OCH3 is 1. The highest BCUT2D eigenvalue weighted by Gasteiger charge is 2.15. The Balaban J connectivity index is 2.73. The van der Waals surface area contributed by atoms with E-state index in [2.05, 4.69) is 22.2 Å². The van der Waals surface area contributed by atoms with E-state index in [0.717, 1.165) is 12.8 Å². The molecule has 0 fully saturated rings. The van der Waals surface area contributed by atoms with Gasteiger partial charge in [-0.3, -0.25) is 4.79 Å². The van der Waals surface area contributed by atoms with E-state index in [9.17, 15) is 4.79 Å². The van der Waals surface area contributed by atoms with Gasteiger partial charge in [0.2, 0.25) is 5.95 Å². The molecule has 1 unspecified atom stereocenters. The summed E-state index contributed by atoms with van der Waals surface area (Å²) in [5.41, 5.74) is 6.48. The maximum Gasteiger partial charge on any atom is 0.270 e. The Kier molecular flexibility index (Phi) is 5.51. The van der Waals surface area contributed by atoms with E-state index in [-0.39, 0.29) is 23.6 Å². The van der Waals surface area contributed by atoms with Crippen LogP contribution in [0.5, 0.6) is 0 Å². The van der Waals surface area contributed by atoms with Gasteiger partial charge in [0.25, 0.3) is 5.91 Å². The molecule has 18 heavy (non-hydrogen) atoms. The lowest BCUT2D eigenvalue weighted by Gasteiger charge is -2.16. The van der Waals surface area contributed by atoms with E-state index >= 15 is 0 Å². The Hall–Kier alpha value is -1.69. The van der Waals surface area contributed by atoms with Crippen molar-refractivity contribution in [3.05, 3.63) is 17.5 Å². The summed E-state index contributed by atoms with van der Waals surface area (Å²) in [7, 11) is 1.61. The van der Waals surface area contributed by atoms with Crippen molar-refractivity contribution in [2.75, 3.05) is 19.5 Å². The van der Waals surface area contributed by atoms with Crippen LogP contribution >= 0.6 is 0 Å². The number of hydrogen-bond acceptors (Lipinski definition) is 5. The van der Waals surface area contributed by atoms with Crippen molar-refractivity contribution in [3.63, 3.8) is 0 Å². The molecule has 0 aromatic carbocycles. The highest BCUT2D eigenvalue weighted by Crippen LogP contribution is 2.04. The molecular weight excluding hydrogens is 232 g/mol. The van der Waals surface area contributed by atoms with E-state index in [4.69, 9.17) is 10.5 Å². The predicted octanol–water partition coefficient (Wildman–Crippen LogP) is 0.912. The van der Waals surface area contributed by atoms with Crippen LogP contribution in [-0.2, 0) is 4.74 Å². The van der Waals surface area contributed by atoms with Crippen molar-refractivity contribution in [2.24, 2.45) is 0 Å². The number of nitrogens with zero attached hydrogens (tertiary/aromatic N) is 2. The predicted molar refractivity (Wildman–Crippen MR) is 69.2 cm³/mol. The number of aryl methyl sites for hydroxylation is 1. The van der Waals surface area contributed by atoms with Crippen LogP contribution in [0.1, 0.15) is 35.9 Å². The zero-order valence-electron chi connectivity index (χ0n) is 11.1. The second-order valence-electron chi connectivity index (χ2n) is 4.17. The summed E-state index contributed by atoms with van der Waals surface area (Å²) in [5.74, 6) is -0.137. The minimum Gasteiger partial charge on any atom is -0.383 e. The lowest BCUT2D eigenvalue weighted by Crippen LogP contribution is -2.38. The van der Waals surface area contributed by atoms with E-state index in [0.29, 0.717) is 12.3 Å². The molecule has 1 atom stereocenters. The summed E-state index contributed by atoms with van der Waals surface area (Å²) < 4.78 is 5.07. The fourth-order valence-corrected chi connectivity index (χ4v) is 1.71. The molecule has 1 rings (SSSR count). The van der Waals surface area contributed by atoms with Crippen LogP contribution in [0.15, 0.2) is 6.07 Å². The van der Waals surface area contributed by atoms with Gasteiger partial charge in [0, 0.05) is 12.8 Å². The fraction of sp³-hybridized carbons (Fsp3) is 0.583. The molecule has 1 aromatic rings. The molecule has 1 amide bonds. The van der Waals surface area contributed by atoms with Crippen LogP contribution in [0.25, 0.3) is 0 Å². The van der Waals surface area contributed by atoms with Crippen molar-refractivity contribution in [2.45, 2.75) is 32.7 Å². The molecule has 0 aliphatic rings. The molecular formula is C12H20N4O2. The van der Waals surface area contributed by atoms with Gasteiger partial charge in [0.15, 0.2) is 0 Å². The van der Waals surface area contributed by atoms with Crippen LogP contribution in [-0.4, -0.2) is 35.6 Å². The number of aromatic nitrogens is 2. The summed E-state index contributed by atoms with van der Waals surface area (Å²) >= 11 is 0. The van der Waals surface area contributed by atoms with E-state index in [1.807, 2.05) is 0 Å². The van der Waals surface area contributed by atoms with Gasteiger partial charge < -0.3 is 15.8 Å². The molecule has 1 aromatic heterocycles. The third kappa shape index (κ3) is 4.29. The first-order chi connectivity index (χ1) is 8.56. The third-order valence-corrected chi connectivity index (χ3v) is 2.44. The highest BCUT2D eigenvalue weighted by atomic mass is 16.5. The number of nitrogen functional groups attached to an aromatic ring is 1. The lowest BCUT2D eigenvalue weighted by atomic mass is 10.1. The number of carbonyl (C=O) groups is 1. The van der Waals surface area contributed by atoms with Crippen molar-refractivity contribution < 1.29 is 9.53 Å². The van der Waals surface area contributed by atoms with Crippen LogP contribution in [0.2, 0.25) is 0 Å². The van der Waals surface area contributed by atoms with Gasteiger partial charge in [-0.05, 0) is 19.4 Å². The Morgan fingerprint density at radius 2 is 2.28 bits per heavy atom. The largest absolute Gasteiger partial charge is 0.383 e. The van der Waals surface area contributed by atoms with Gasteiger partial charge in [0.1, 0.15) is 5.69 Å². The average Bonchev–Trinajstić information content (AvgIpc) is 2.28. The number of hydrogen-bond donors (Lipinski definition) is 2. The Labute approximate surface area is 107 Å². The summed E-state index contributed by atoms with van der Waals surface area (Å²) in [5, 5.41) is 2.88. The minimum absolute atomic E-state index is 0.0102. The fourth-order valence-electron chi connectivity index (χ4n) is 1.71. The van der Waals surface area contributed by atoms with Gasteiger partial charge in [0.05, 0.1) is 12.6 Å². The Bertz CT molecular complexity index is 383. The van der Waals surface area contributed by atoms with Gasteiger partial charge in [-0.15, -0.1) is 0 Å². The molecule has 100 valence electrons. The summed E-state index contributed by atoms with van der Waals surface area (Å²) in [4.78, 5) is 19.8. The van der Waals surface area contributed by atoms with Crippen molar-refractivity contribution in [1.82, 2.24) is 15.3 Å². The number of nitrogens with one attached hydrogen (secondary N) is 1. The number of ether oxygens (including phenoxy) is 1. The van der Waals surface area contributed by atoms with E-state index < -0.39 is 0 Å².